The van der Waals surface area contributed by atoms with Gasteiger partial charge in [0.1, 0.15) is 0 Å². The number of hydrogen-bond acceptors (Lipinski definition) is 1. The summed E-state index contributed by atoms with van der Waals surface area (Å²) < 4.78 is 0.844. The molecule has 0 spiro atoms. The highest BCUT2D eigenvalue weighted by molar-refractivity contribution is 9.10. The number of benzene rings is 2. The maximum absolute atomic E-state index is 12.2. The lowest BCUT2D eigenvalue weighted by Gasteiger charge is -2.10. The summed E-state index contributed by atoms with van der Waals surface area (Å²) >= 11 is 3.46. The van der Waals surface area contributed by atoms with Crippen molar-refractivity contribution in [1.29, 1.82) is 0 Å². The quantitative estimate of drug-likeness (QED) is 0.859. The molecule has 0 aliphatic rings. The fraction of sp³-hybridized carbons (Fsp3) is 0.188. The van der Waals surface area contributed by atoms with Gasteiger partial charge in [-0.2, -0.15) is 0 Å². The summed E-state index contributed by atoms with van der Waals surface area (Å²) in [4.78, 5) is 12.2. The smallest absolute Gasteiger partial charge is 0.256 e. The molecule has 1 N–H and O–H groups in total. The van der Waals surface area contributed by atoms with E-state index in [0.717, 1.165) is 15.7 Å². The van der Waals surface area contributed by atoms with Crippen LogP contribution < -0.4 is 5.32 Å². The second-order valence-electron chi connectivity index (χ2n) is 4.69. The molecule has 0 saturated carbocycles. The van der Waals surface area contributed by atoms with E-state index in [1.807, 2.05) is 50.2 Å². The fourth-order valence-electron chi connectivity index (χ4n) is 1.84. The van der Waals surface area contributed by atoms with Crippen LogP contribution in [0.25, 0.3) is 0 Å². The van der Waals surface area contributed by atoms with E-state index in [9.17, 15) is 4.79 Å². The number of rotatable bonds is 2. The summed E-state index contributed by atoms with van der Waals surface area (Å²) in [6.45, 7) is 6.06. The molecule has 2 nitrogen and oxygen atoms in total. The first-order valence-corrected chi connectivity index (χ1v) is 6.92. The van der Waals surface area contributed by atoms with Crippen molar-refractivity contribution in [3.8, 4) is 0 Å². The Hall–Kier alpha value is -1.61. The third-order valence-corrected chi connectivity index (χ3v) is 4.25. The van der Waals surface area contributed by atoms with Crippen LogP contribution in [-0.2, 0) is 0 Å². The molecule has 0 aliphatic heterocycles. The van der Waals surface area contributed by atoms with Crippen molar-refractivity contribution in [1.82, 2.24) is 0 Å². The van der Waals surface area contributed by atoms with Crippen LogP contribution in [-0.4, -0.2) is 5.91 Å². The fourth-order valence-corrected chi connectivity index (χ4v) is 2.28. The molecule has 0 fully saturated rings. The van der Waals surface area contributed by atoms with E-state index in [2.05, 4.69) is 28.2 Å². The van der Waals surface area contributed by atoms with E-state index in [4.69, 9.17) is 0 Å². The average molecular weight is 318 g/mol. The van der Waals surface area contributed by atoms with Gasteiger partial charge < -0.3 is 5.32 Å². The maximum atomic E-state index is 12.2. The van der Waals surface area contributed by atoms with Gasteiger partial charge in [0, 0.05) is 10.2 Å². The van der Waals surface area contributed by atoms with Gasteiger partial charge in [0.2, 0.25) is 0 Å². The lowest BCUT2D eigenvalue weighted by molar-refractivity contribution is 0.102. The molecule has 0 heterocycles. The van der Waals surface area contributed by atoms with E-state index in [0.29, 0.717) is 5.56 Å². The molecule has 0 radical (unpaired) electrons. The Morgan fingerprint density at radius 2 is 1.74 bits per heavy atom. The molecule has 1 amide bonds. The summed E-state index contributed by atoms with van der Waals surface area (Å²) in [5, 5.41) is 2.93. The monoisotopic (exact) mass is 317 g/mol. The van der Waals surface area contributed by atoms with Crippen LogP contribution in [0.1, 0.15) is 27.0 Å². The number of aryl methyl sites for hydroxylation is 3. The summed E-state index contributed by atoms with van der Waals surface area (Å²) in [5.74, 6) is -0.0983. The first kappa shape index (κ1) is 13.8. The molecule has 0 atom stereocenters. The molecule has 0 bridgehead atoms. The molecule has 2 aromatic rings. The van der Waals surface area contributed by atoms with E-state index >= 15 is 0 Å². The lowest BCUT2D eigenvalue weighted by atomic mass is 10.1. The zero-order chi connectivity index (χ0) is 14.0. The minimum atomic E-state index is -0.0983. The van der Waals surface area contributed by atoms with Gasteiger partial charge in [0.25, 0.3) is 5.91 Å². The third-order valence-electron chi connectivity index (χ3n) is 3.20. The first-order valence-electron chi connectivity index (χ1n) is 6.13. The van der Waals surface area contributed by atoms with Gasteiger partial charge in [-0.3, -0.25) is 4.79 Å². The van der Waals surface area contributed by atoms with Crippen LogP contribution in [0.2, 0.25) is 0 Å². The van der Waals surface area contributed by atoms with E-state index < -0.39 is 0 Å². The van der Waals surface area contributed by atoms with Crippen molar-refractivity contribution < 1.29 is 4.79 Å². The van der Waals surface area contributed by atoms with Crippen molar-refractivity contribution in [2.75, 3.05) is 5.32 Å². The second-order valence-corrected chi connectivity index (χ2v) is 5.48. The van der Waals surface area contributed by atoms with Gasteiger partial charge in [0.15, 0.2) is 0 Å². The van der Waals surface area contributed by atoms with Crippen molar-refractivity contribution in [2.45, 2.75) is 20.8 Å². The Labute approximate surface area is 122 Å². The number of halogens is 1. The normalized spacial score (nSPS) is 10.3. The van der Waals surface area contributed by atoms with Crippen molar-refractivity contribution in [3.63, 3.8) is 0 Å². The number of amides is 1. The van der Waals surface area contributed by atoms with Crippen molar-refractivity contribution in [2.24, 2.45) is 0 Å². The molecule has 0 unspecified atom stereocenters. The van der Waals surface area contributed by atoms with Crippen LogP contribution in [0.3, 0.4) is 0 Å². The highest BCUT2D eigenvalue weighted by Crippen LogP contribution is 2.22. The van der Waals surface area contributed by atoms with Gasteiger partial charge in [-0.05, 0) is 71.6 Å². The molecule has 19 heavy (non-hydrogen) atoms. The highest BCUT2D eigenvalue weighted by atomic mass is 79.9. The van der Waals surface area contributed by atoms with Crippen LogP contribution in [0, 0.1) is 20.8 Å². The minimum Gasteiger partial charge on any atom is -0.322 e. The number of anilines is 1. The minimum absolute atomic E-state index is 0.0983. The SMILES string of the molecule is Cc1ccc(NC(=O)c2cccc(C)c2Br)cc1C. The summed E-state index contributed by atoms with van der Waals surface area (Å²) in [6.07, 6.45) is 0. The Kier molecular flexibility index (Phi) is 4.05. The van der Waals surface area contributed by atoms with Crippen LogP contribution in [0.5, 0.6) is 0 Å². The van der Waals surface area contributed by atoms with E-state index in [-0.39, 0.29) is 5.91 Å². The molecular formula is C16H16BrNO. The van der Waals surface area contributed by atoms with Gasteiger partial charge in [-0.15, -0.1) is 0 Å². The van der Waals surface area contributed by atoms with Gasteiger partial charge >= 0.3 is 0 Å². The van der Waals surface area contributed by atoms with Crippen LogP contribution >= 0.6 is 15.9 Å². The second kappa shape index (κ2) is 5.57. The Bertz CT molecular complexity index is 635. The Morgan fingerprint density at radius 3 is 2.42 bits per heavy atom. The zero-order valence-electron chi connectivity index (χ0n) is 11.3. The third kappa shape index (κ3) is 3.04. The molecule has 3 heteroatoms. The van der Waals surface area contributed by atoms with E-state index in [1.165, 1.54) is 11.1 Å². The predicted molar refractivity (Wildman–Crippen MR) is 82.7 cm³/mol. The Balaban J connectivity index is 2.26. The standard InChI is InChI=1S/C16H16BrNO/c1-10-7-8-13(9-12(10)3)18-16(19)14-6-4-5-11(2)15(14)17/h4-9H,1-3H3,(H,18,19). The highest BCUT2D eigenvalue weighted by Gasteiger charge is 2.11. The molecule has 0 saturated heterocycles. The number of nitrogens with one attached hydrogen (secondary N) is 1. The Morgan fingerprint density at radius 1 is 1.00 bits per heavy atom. The van der Waals surface area contributed by atoms with E-state index in [1.54, 1.807) is 0 Å². The molecule has 0 aliphatic carbocycles. The number of carbonyl (C=O) groups is 1. The molecule has 2 aromatic carbocycles. The molecular weight excluding hydrogens is 302 g/mol. The van der Waals surface area contributed by atoms with Gasteiger partial charge in [-0.1, -0.05) is 18.2 Å². The topological polar surface area (TPSA) is 29.1 Å². The largest absolute Gasteiger partial charge is 0.322 e. The predicted octanol–water partition coefficient (Wildman–Crippen LogP) is 4.63. The van der Waals surface area contributed by atoms with Crippen LogP contribution in [0.4, 0.5) is 5.69 Å². The van der Waals surface area contributed by atoms with Gasteiger partial charge in [-0.25, -0.2) is 0 Å². The van der Waals surface area contributed by atoms with Crippen molar-refractivity contribution in [3.05, 3.63) is 63.1 Å². The number of carbonyl (C=O) groups excluding carboxylic acids is 1. The first-order chi connectivity index (χ1) is 8.99. The molecule has 0 aromatic heterocycles. The lowest BCUT2D eigenvalue weighted by Crippen LogP contribution is -2.13. The van der Waals surface area contributed by atoms with Crippen molar-refractivity contribution >= 4 is 27.5 Å². The average Bonchev–Trinajstić information content (AvgIpc) is 2.37. The van der Waals surface area contributed by atoms with Crippen LogP contribution in [0.15, 0.2) is 40.9 Å². The molecule has 98 valence electrons. The summed E-state index contributed by atoms with van der Waals surface area (Å²) in [5.41, 5.74) is 4.91. The summed E-state index contributed by atoms with van der Waals surface area (Å²) in [7, 11) is 0. The molecule has 2 rings (SSSR count). The number of hydrogen-bond donors (Lipinski definition) is 1. The summed E-state index contributed by atoms with van der Waals surface area (Å²) in [6, 6.07) is 11.6. The van der Waals surface area contributed by atoms with Gasteiger partial charge in [0.05, 0.1) is 5.56 Å². The maximum Gasteiger partial charge on any atom is 0.256 e. The zero-order valence-corrected chi connectivity index (χ0v) is 12.8.